The van der Waals surface area contributed by atoms with Crippen LogP contribution < -0.4 is 5.32 Å². The first-order valence-corrected chi connectivity index (χ1v) is 4.53. The molecule has 0 amide bonds. The van der Waals surface area contributed by atoms with Crippen LogP contribution in [0, 0.1) is 9.39 Å². The Morgan fingerprint density at radius 3 is 2.91 bits per heavy atom. The molecule has 1 atom stereocenters. The first-order valence-electron chi connectivity index (χ1n) is 3.46. The summed E-state index contributed by atoms with van der Waals surface area (Å²) in [5, 5.41) is 3.08. The van der Waals surface area contributed by atoms with Gasteiger partial charge in [-0.1, -0.05) is 0 Å². The van der Waals surface area contributed by atoms with Gasteiger partial charge in [0.25, 0.3) is 0 Å². The minimum absolute atomic E-state index is 0.0968. The highest BCUT2D eigenvalue weighted by Gasteiger charge is 2.25. The molecule has 58 valence electrons. The summed E-state index contributed by atoms with van der Waals surface area (Å²) in [6.45, 7) is 0.914. The van der Waals surface area contributed by atoms with Crippen LogP contribution in [-0.4, -0.2) is 6.54 Å². The van der Waals surface area contributed by atoms with E-state index in [0.29, 0.717) is 0 Å². The van der Waals surface area contributed by atoms with Crippen molar-refractivity contribution in [2.24, 2.45) is 0 Å². The van der Waals surface area contributed by atoms with Crippen LogP contribution in [0.5, 0.6) is 0 Å². The fraction of sp³-hybridized carbons (Fsp3) is 0.250. The van der Waals surface area contributed by atoms with Crippen molar-refractivity contribution in [3.05, 3.63) is 33.1 Å². The Kier molecular flexibility index (Phi) is 1.85. The van der Waals surface area contributed by atoms with Crippen molar-refractivity contribution < 1.29 is 4.39 Å². The highest BCUT2D eigenvalue weighted by atomic mass is 127. The second-order valence-corrected chi connectivity index (χ2v) is 3.87. The highest BCUT2D eigenvalue weighted by Crippen LogP contribution is 2.25. The lowest BCUT2D eigenvalue weighted by atomic mass is 10.1. The Bertz CT molecular complexity index is 283. The molecular formula is C8H7FIN. The standard InChI is InChI=1S/C8H7FIN/c9-7-2-1-5(10)3-6(7)8-4-11-8/h1-3,8,11H,4H2. The molecule has 0 bridgehead atoms. The van der Waals surface area contributed by atoms with Crippen molar-refractivity contribution in [3.8, 4) is 0 Å². The predicted molar refractivity (Wildman–Crippen MR) is 49.9 cm³/mol. The molecule has 1 unspecified atom stereocenters. The van der Waals surface area contributed by atoms with E-state index < -0.39 is 0 Å². The maximum atomic E-state index is 13.0. The van der Waals surface area contributed by atoms with Crippen LogP contribution in [-0.2, 0) is 0 Å². The lowest BCUT2D eigenvalue weighted by Gasteiger charge is -1.99. The summed E-state index contributed by atoms with van der Waals surface area (Å²) < 4.78 is 14.1. The average Bonchev–Trinajstić information content (AvgIpc) is 2.76. The minimum Gasteiger partial charge on any atom is -0.307 e. The zero-order valence-corrected chi connectivity index (χ0v) is 7.93. The number of hydrogen-bond donors (Lipinski definition) is 1. The van der Waals surface area contributed by atoms with Crippen LogP contribution in [0.3, 0.4) is 0 Å². The first-order chi connectivity index (χ1) is 5.27. The van der Waals surface area contributed by atoms with Gasteiger partial charge in [-0.25, -0.2) is 4.39 Å². The summed E-state index contributed by atoms with van der Waals surface area (Å²) in [4.78, 5) is 0. The molecule has 0 aromatic heterocycles. The van der Waals surface area contributed by atoms with Crippen LogP contribution in [0.2, 0.25) is 0 Å². The van der Waals surface area contributed by atoms with Crippen molar-refractivity contribution in [1.82, 2.24) is 5.32 Å². The van der Waals surface area contributed by atoms with Gasteiger partial charge in [0.15, 0.2) is 0 Å². The Hall–Kier alpha value is -0.160. The van der Waals surface area contributed by atoms with E-state index in [-0.39, 0.29) is 11.9 Å². The van der Waals surface area contributed by atoms with Crippen molar-refractivity contribution >= 4 is 22.6 Å². The van der Waals surface area contributed by atoms with Gasteiger partial charge in [-0.2, -0.15) is 0 Å². The summed E-state index contributed by atoms with van der Waals surface area (Å²) in [7, 11) is 0. The van der Waals surface area contributed by atoms with E-state index in [2.05, 4.69) is 27.9 Å². The number of benzene rings is 1. The smallest absolute Gasteiger partial charge is 0.128 e. The Labute approximate surface area is 78.1 Å². The zero-order chi connectivity index (χ0) is 7.84. The fourth-order valence-corrected chi connectivity index (χ4v) is 1.58. The van der Waals surface area contributed by atoms with E-state index in [1.807, 2.05) is 6.07 Å². The van der Waals surface area contributed by atoms with E-state index in [0.717, 1.165) is 15.7 Å². The largest absolute Gasteiger partial charge is 0.307 e. The molecule has 11 heavy (non-hydrogen) atoms. The molecule has 1 aromatic rings. The molecule has 1 aromatic carbocycles. The van der Waals surface area contributed by atoms with Crippen molar-refractivity contribution in [1.29, 1.82) is 0 Å². The number of nitrogens with one attached hydrogen (secondary N) is 1. The topological polar surface area (TPSA) is 21.9 Å². The zero-order valence-electron chi connectivity index (χ0n) is 5.77. The Morgan fingerprint density at radius 1 is 1.55 bits per heavy atom. The van der Waals surface area contributed by atoms with Gasteiger partial charge in [0.1, 0.15) is 5.82 Å². The monoisotopic (exact) mass is 263 g/mol. The van der Waals surface area contributed by atoms with Gasteiger partial charge in [0, 0.05) is 21.7 Å². The van der Waals surface area contributed by atoms with E-state index in [9.17, 15) is 4.39 Å². The summed E-state index contributed by atoms with van der Waals surface area (Å²) in [6.07, 6.45) is 0. The molecule has 0 aliphatic carbocycles. The lowest BCUT2D eigenvalue weighted by Crippen LogP contribution is -1.90. The maximum absolute atomic E-state index is 13.0. The van der Waals surface area contributed by atoms with Gasteiger partial charge < -0.3 is 5.32 Å². The molecule has 0 radical (unpaired) electrons. The van der Waals surface area contributed by atoms with Crippen molar-refractivity contribution in [2.75, 3.05) is 6.54 Å². The van der Waals surface area contributed by atoms with Gasteiger partial charge in [0.05, 0.1) is 0 Å². The third kappa shape index (κ3) is 1.54. The van der Waals surface area contributed by atoms with Gasteiger partial charge >= 0.3 is 0 Å². The molecule has 1 heterocycles. The minimum atomic E-state index is -0.0968. The molecule has 1 N–H and O–H groups in total. The van der Waals surface area contributed by atoms with Crippen LogP contribution in [0.1, 0.15) is 11.6 Å². The molecular weight excluding hydrogens is 256 g/mol. The van der Waals surface area contributed by atoms with Crippen LogP contribution in [0.4, 0.5) is 4.39 Å². The van der Waals surface area contributed by atoms with E-state index >= 15 is 0 Å². The summed E-state index contributed by atoms with van der Waals surface area (Å²) in [5.74, 6) is -0.0968. The lowest BCUT2D eigenvalue weighted by molar-refractivity contribution is 0.609. The van der Waals surface area contributed by atoms with Gasteiger partial charge in [-0.15, -0.1) is 0 Å². The SMILES string of the molecule is Fc1ccc(I)cc1C1CN1. The molecule has 0 saturated carbocycles. The number of hydrogen-bond acceptors (Lipinski definition) is 1. The average molecular weight is 263 g/mol. The molecule has 1 saturated heterocycles. The molecule has 0 spiro atoms. The van der Waals surface area contributed by atoms with Crippen molar-refractivity contribution in [3.63, 3.8) is 0 Å². The molecule has 2 rings (SSSR count). The van der Waals surface area contributed by atoms with Gasteiger partial charge in [-0.3, -0.25) is 0 Å². The second kappa shape index (κ2) is 2.71. The molecule has 1 fully saturated rings. The third-order valence-corrected chi connectivity index (χ3v) is 2.41. The molecule has 3 heteroatoms. The molecule has 1 nitrogen and oxygen atoms in total. The number of halogens is 2. The van der Waals surface area contributed by atoms with E-state index in [1.54, 1.807) is 6.07 Å². The second-order valence-electron chi connectivity index (χ2n) is 2.63. The van der Waals surface area contributed by atoms with Crippen LogP contribution in [0.15, 0.2) is 18.2 Å². The summed E-state index contributed by atoms with van der Waals surface area (Å²) in [5.41, 5.74) is 0.803. The normalized spacial score (nSPS) is 21.8. The van der Waals surface area contributed by atoms with E-state index in [1.165, 1.54) is 6.07 Å². The van der Waals surface area contributed by atoms with Crippen LogP contribution >= 0.6 is 22.6 Å². The summed E-state index contributed by atoms with van der Waals surface area (Å²) in [6, 6.07) is 5.46. The number of rotatable bonds is 1. The first kappa shape index (κ1) is 7.49. The predicted octanol–water partition coefficient (Wildman–Crippen LogP) is 2.07. The van der Waals surface area contributed by atoms with E-state index in [4.69, 9.17) is 0 Å². The maximum Gasteiger partial charge on any atom is 0.128 e. The third-order valence-electron chi connectivity index (χ3n) is 1.74. The Morgan fingerprint density at radius 2 is 2.27 bits per heavy atom. The van der Waals surface area contributed by atoms with Crippen molar-refractivity contribution in [2.45, 2.75) is 6.04 Å². The molecule has 1 aliphatic rings. The van der Waals surface area contributed by atoms with Crippen LogP contribution in [0.25, 0.3) is 0 Å². The van der Waals surface area contributed by atoms with Gasteiger partial charge in [-0.05, 0) is 40.8 Å². The fourth-order valence-electron chi connectivity index (χ4n) is 1.06. The Balaban J connectivity index is 2.42. The highest BCUT2D eigenvalue weighted by molar-refractivity contribution is 14.1. The summed E-state index contributed by atoms with van der Waals surface area (Å²) >= 11 is 2.19. The van der Waals surface area contributed by atoms with Gasteiger partial charge in [0.2, 0.25) is 0 Å². The molecule has 1 aliphatic heterocycles. The quantitative estimate of drug-likeness (QED) is 0.608.